The molecule has 0 atom stereocenters. The molecule has 0 aliphatic carbocycles. The van der Waals surface area contributed by atoms with Crippen molar-refractivity contribution in [1.82, 2.24) is 5.32 Å². The highest BCUT2D eigenvalue weighted by molar-refractivity contribution is 6.30. The molecule has 4 heteroatoms. The molecule has 0 spiro atoms. The molecule has 0 unspecified atom stereocenters. The molecule has 0 radical (unpaired) electrons. The van der Waals surface area contributed by atoms with Crippen molar-refractivity contribution in [2.75, 3.05) is 6.54 Å². The van der Waals surface area contributed by atoms with E-state index in [-0.39, 0.29) is 11.7 Å². The van der Waals surface area contributed by atoms with Crippen LogP contribution in [-0.4, -0.2) is 12.5 Å². The number of hydrogen-bond acceptors (Lipinski definition) is 1. The van der Waals surface area contributed by atoms with Crippen LogP contribution in [0.2, 0.25) is 5.02 Å². The van der Waals surface area contributed by atoms with E-state index in [1.807, 2.05) is 12.1 Å². The molecule has 2 aromatic rings. The fourth-order valence-corrected chi connectivity index (χ4v) is 2.06. The van der Waals surface area contributed by atoms with Crippen molar-refractivity contribution < 1.29 is 9.18 Å². The first kappa shape index (κ1) is 15.3. The summed E-state index contributed by atoms with van der Waals surface area (Å²) in [6, 6.07) is 13.8. The summed E-state index contributed by atoms with van der Waals surface area (Å²) in [5, 5.41) is 3.34. The molecule has 0 saturated heterocycles. The van der Waals surface area contributed by atoms with Gasteiger partial charge in [0.1, 0.15) is 5.82 Å². The van der Waals surface area contributed by atoms with Gasteiger partial charge in [-0.05, 0) is 41.8 Å². The summed E-state index contributed by atoms with van der Waals surface area (Å²) in [4.78, 5) is 11.7. The van der Waals surface area contributed by atoms with E-state index < -0.39 is 0 Å². The first-order chi connectivity index (χ1) is 10.1. The molecular formula is C17H15ClFNO. The van der Waals surface area contributed by atoms with Crippen molar-refractivity contribution in [1.29, 1.82) is 0 Å². The minimum Gasteiger partial charge on any atom is -0.352 e. The monoisotopic (exact) mass is 303 g/mol. The zero-order valence-electron chi connectivity index (χ0n) is 11.4. The van der Waals surface area contributed by atoms with Crippen molar-refractivity contribution in [2.45, 2.75) is 6.42 Å². The van der Waals surface area contributed by atoms with Gasteiger partial charge in [-0.25, -0.2) is 4.39 Å². The van der Waals surface area contributed by atoms with E-state index in [1.54, 1.807) is 36.4 Å². The van der Waals surface area contributed by atoms with Gasteiger partial charge < -0.3 is 5.32 Å². The van der Waals surface area contributed by atoms with Gasteiger partial charge in [0.05, 0.1) is 0 Å². The van der Waals surface area contributed by atoms with E-state index in [0.29, 0.717) is 23.6 Å². The number of rotatable bonds is 5. The highest BCUT2D eigenvalue weighted by Crippen LogP contribution is 2.11. The van der Waals surface area contributed by atoms with Gasteiger partial charge in [0.15, 0.2) is 0 Å². The van der Waals surface area contributed by atoms with Crippen LogP contribution in [0.25, 0.3) is 6.08 Å². The van der Waals surface area contributed by atoms with Crippen LogP contribution in [0.15, 0.2) is 54.6 Å². The molecule has 21 heavy (non-hydrogen) atoms. The molecule has 0 heterocycles. The fraction of sp³-hybridized carbons (Fsp3) is 0.118. The van der Waals surface area contributed by atoms with E-state index in [0.717, 1.165) is 5.56 Å². The predicted molar refractivity (Wildman–Crippen MR) is 83.6 cm³/mol. The van der Waals surface area contributed by atoms with Crippen LogP contribution in [0.3, 0.4) is 0 Å². The standard InChI is InChI=1S/C17H15ClFNO/c18-15-6-3-4-13(12-15)8-9-17(21)20-11-10-14-5-1-2-7-16(14)19/h1-9,12H,10-11H2,(H,20,21)/b9-8+. The third-order valence-electron chi connectivity index (χ3n) is 2.93. The van der Waals surface area contributed by atoms with Gasteiger partial charge >= 0.3 is 0 Å². The quantitative estimate of drug-likeness (QED) is 0.835. The van der Waals surface area contributed by atoms with Crippen LogP contribution in [0.4, 0.5) is 4.39 Å². The molecule has 0 aliphatic rings. The smallest absolute Gasteiger partial charge is 0.244 e. The average molecular weight is 304 g/mol. The lowest BCUT2D eigenvalue weighted by molar-refractivity contribution is -0.116. The summed E-state index contributed by atoms with van der Waals surface area (Å²) in [7, 11) is 0. The molecule has 1 N–H and O–H groups in total. The van der Waals surface area contributed by atoms with E-state index in [1.165, 1.54) is 12.1 Å². The lowest BCUT2D eigenvalue weighted by atomic mass is 10.1. The Morgan fingerprint density at radius 3 is 2.76 bits per heavy atom. The van der Waals surface area contributed by atoms with Crippen LogP contribution in [0.5, 0.6) is 0 Å². The van der Waals surface area contributed by atoms with Crippen LogP contribution in [0, 0.1) is 5.82 Å². The molecular weight excluding hydrogens is 289 g/mol. The number of hydrogen-bond donors (Lipinski definition) is 1. The molecule has 1 amide bonds. The third-order valence-corrected chi connectivity index (χ3v) is 3.16. The molecule has 0 saturated carbocycles. The van der Waals surface area contributed by atoms with Gasteiger partial charge in [-0.3, -0.25) is 4.79 Å². The first-order valence-electron chi connectivity index (χ1n) is 6.60. The minimum atomic E-state index is -0.249. The first-order valence-corrected chi connectivity index (χ1v) is 6.98. The third kappa shape index (κ3) is 5.04. The average Bonchev–Trinajstić information content (AvgIpc) is 2.47. The highest BCUT2D eigenvalue weighted by Gasteiger charge is 2.01. The Balaban J connectivity index is 1.81. The normalized spacial score (nSPS) is 10.8. The number of amides is 1. The van der Waals surface area contributed by atoms with Gasteiger partial charge in [-0.1, -0.05) is 41.9 Å². The van der Waals surface area contributed by atoms with Crippen molar-refractivity contribution in [3.8, 4) is 0 Å². The highest BCUT2D eigenvalue weighted by atomic mass is 35.5. The summed E-state index contributed by atoms with van der Waals surface area (Å²) in [5.74, 6) is -0.465. The fourth-order valence-electron chi connectivity index (χ4n) is 1.86. The number of nitrogens with one attached hydrogen (secondary N) is 1. The van der Waals surface area contributed by atoms with Gasteiger partial charge in [0, 0.05) is 17.6 Å². The Morgan fingerprint density at radius 1 is 1.19 bits per heavy atom. The molecule has 0 aliphatic heterocycles. The number of halogens is 2. The Kier molecular flexibility index (Phi) is 5.52. The zero-order chi connectivity index (χ0) is 15.1. The van der Waals surface area contributed by atoms with E-state index in [9.17, 15) is 9.18 Å². The molecule has 2 nitrogen and oxygen atoms in total. The Morgan fingerprint density at radius 2 is 2.00 bits per heavy atom. The van der Waals surface area contributed by atoms with Crippen molar-refractivity contribution in [2.24, 2.45) is 0 Å². The maximum atomic E-state index is 13.4. The second-order valence-corrected chi connectivity index (χ2v) is 4.96. The lowest BCUT2D eigenvalue weighted by Gasteiger charge is -2.03. The number of carbonyl (C=O) groups is 1. The second kappa shape index (κ2) is 7.60. The molecule has 0 fully saturated rings. The van der Waals surface area contributed by atoms with Crippen molar-refractivity contribution >= 4 is 23.6 Å². The molecule has 108 valence electrons. The van der Waals surface area contributed by atoms with Crippen LogP contribution < -0.4 is 5.32 Å². The van der Waals surface area contributed by atoms with Crippen molar-refractivity contribution in [3.05, 3.63) is 76.6 Å². The summed E-state index contributed by atoms with van der Waals surface area (Å²) in [6.45, 7) is 0.389. The van der Waals surface area contributed by atoms with Gasteiger partial charge in [-0.2, -0.15) is 0 Å². The SMILES string of the molecule is O=C(/C=C/c1cccc(Cl)c1)NCCc1ccccc1F. The summed E-state index contributed by atoms with van der Waals surface area (Å²) in [6.07, 6.45) is 3.58. The molecule has 2 aromatic carbocycles. The maximum Gasteiger partial charge on any atom is 0.244 e. The van der Waals surface area contributed by atoms with Crippen molar-refractivity contribution in [3.63, 3.8) is 0 Å². The van der Waals surface area contributed by atoms with Crippen LogP contribution >= 0.6 is 11.6 Å². The molecule has 0 aromatic heterocycles. The van der Waals surface area contributed by atoms with Crippen LogP contribution in [-0.2, 0) is 11.2 Å². The van der Waals surface area contributed by atoms with E-state index in [2.05, 4.69) is 5.32 Å². The van der Waals surface area contributed by atoms with E-state index in [4.69, 9.17) is 11.6 Å². The molecule has 0 bridgehead atoms. The maximum absolute atomic E-state index is 13.4. The predicted octanol–water partition coefficient (Wildman–Crippen LogP) is 3.85. The second-order valence-electron chi connectivity index (χ2n) is 4.52. The van der Waals surface area contributed by atoms with Gasteiger partial charge in [-0.15, -0.1) is 0 Å². The van der Waals surface area contributed by atoms with E-state index >= 15 is 0 Å². The summed E-state index contributed by atoms with van der Waals surface area (Å²) < 4.78 is 13.4. The Labute approximate surface area is 128 Å². The van der Waals surface area contributed by atoms with Crippen LogP contribution in [0.1, 0.15) is 11.1 Å². The molecule has 2 rings (SSSR count). The largest absolute Gasteiger partial charge is 0.352 e. The summed E-state index contributed by atoms with van der Waals surface area (Å²) >= 11 is 5.86. The van der Waals surface area contributed by atoms with Gasteiger partial charge in [0.2, 0.25) is 5.91 Å². The minimum absolute atomic E-state index is 0.216. The Hall–Kier alpha value is -2.13. The lowest BCUT2D eigenvalue weighted by Crippen LogP contribution is -2.23. The number of benzene rings is 2. The zero-order valence-corrected chi connectivity index (χ0v) is 12.1. The topological polar surface area (TPSA) is 29.1 Å². The Bertz CT molecular complexity index is 655. The summed E-state index contributed by atoms with van der Waals surface area (Å²) in [5.41, 5.74) is 1.45. The number of carbonyl (C=O) groups excluding carboxylic acids is 1. The van der Waals surface area contributed by atoms with Gasteiger partial charge in [0.25, 0.3) is 0 Å².